The Kier molecular flexibility index (Phi) is 6.88. The first-order chi connectivity index (χ1) is 27.0. The van der Waals surface area contributed by atoms with Crippen molar-refractivity contribution in [3.8, 4) is 33.4 Å². The number of nitrogens with zero attached hydrogens (tertiary/aromatic N) is 1. The van der Waals surface area contributed by atoms with Crippen molar-refractivity contribution in [2.75, 3.05) is 4.90 Å². The molecule has 260 valence electrons. The molecule has 0 saturated heterocycles. The maximum atomic E-state index is 2.46. The van der Waals surface area contributed by atoms with E-state index in [-0.39, 0.29) is 5.41 Å². The Morgan fingerprint density at radius 2 is 0.800 bits per heavy atom. The third-order valence-corrected chi connectivity index (χ3v) is 12.5. The van der Waals surface area contributed by atoms with Crippen molar-refractivity contribution in [2.45, 2.75) is 24.7 Å². The Hall–Kier alpha value is -6.70. The van der Waals surface area contributed by atoms with Gasteiger partial charge in [0.15, 0.2) is 0 Å². The first-order valence-corrected chi connectivity index (χ1v) is 19.3. The molecular formula is C54H39N. The maximum absolute atomic E-state index is 2.46. The lowest BCUT2D eigenvalue weighted by Gasteiger charge is -2.35. The summed E-state index contributed by atoms with van der Waals surface area (Å²) in [6, 6.07) is 70.0. The van der Waals surface area contributed by atoms with Gasteiger partial charge in [0.2, 0.25) is 0 Å². The number of fused-ring (bicyclic) bond motifs is 12. The first kappa shape index (κ1) is 31.8. The van der Waals surface area contributed by atoms with Crippen LogP contribution in [0.5, 0.6) is 0 Å². The van der Waals surface area contributed by atoms with E-state index in [0.717, 1.165) is 17.1 Å². The summed E-state index contributed by atoms with van der Waals surface area (Å²) >= 11 is 0. The Morgan fingerprint density at radius 1 is 0.327 bits per heavy atom. The van der Waals surface area contributed by atoms with Crippen LogP contribution in [0.3, 0.4) is 0 Å². The quantitative estimate of drug-likeness (QED) is 0.177. The fraction of sp³-hybridized carbons (Fsp3) is 0.0741. The van der Waals surface area contributed by atoms with E-state index in [1.54, 1.807) is 0 Å². The van der Waals surface area contributed by atoms with Crippen LogP contribution in [0.4, 0.5) is 17.1 Å². The van der Waals surface area contributed by atoms with Crippen LogP contribution in [-0.4, -0.2) is 0 Å². The SMILES string of the molecule is CC1(C)c2ccccc2-c2ccc(N(c3ccc(-c4ccccc4)cc3)c3ccc4c(c3)-c3ccccc3C43c4ccccc4C=Cc4ccccc43)cc21. The Labute approximate surface area is 323 Å². The van der Waals surface area contributed by atoms with E-state index in [1.165, 1.54) is 77.9 Å². The van der Waals surface area contributed by atoms with Gasteiger partial charge >= 0.3 is 0 Å². The number of rotatable bonds is 4. The molecule has 3 aliphatic carbocycles. The second-order valence-corrected chi connectivity index (χ2v) is 15.7. The van der Waals surface area contributed by atoms with Crippen molar-refractivity contribution >= 4 is 29.2 Å². The van der Waals surface area contributed by atoms with Crippen LogP contribution < -0.4 is 4.90 Å². The molecule has 0 unspecified atom stereocenters. The van der Waals surface area contributed by atoms with E-state index < -0.39 is 5.41 Å². The van der Waals surface area contributed by atoms with Crippen molar-refractivity contribution < 1.29 is 0 Å². The minimum absolute atomic E-state index is 0.109. The van der Waals surface area contributed by atoms with Crippen molar-refractivity contribution in [3.63, 3.8) is 0 Å². The Balaban J connectivity index is 1.14. The summed E-state index contributed by atoms with van der Waals surface area (Å²) in [5.41, 5.74) is 21.1. The van der Waals surface area contributed by atoms with Gasteiger partial charge in [0.1, 0.15) is 0 Å². The van der Waals surface area contributed by atoms with E-state index in [2.05, 4.69) is 219 Å². The Bertz CT molecular complexity index is 2790. The molecule has 0 radical (unpaired) electrons. The minimum atomic E-state index is -0.452. The van der Waals surface area contributed by atoms with Crippen LogP contribution in [0.25, 0.3) is 45.5 Å². The third kappa shape index (κ3) is 4.53. The molecule has 1 spiro atoms. The van der Waals surface area contributed by atoms with Gasteiger partial charge in [0.25, 0.3) is 0 Å². The van der Waals surface area contributed by atoms with Crippen molar-refractivity contribution in [1.29, 1.82) is 0 Å². The van der Waals surface area contributed by atoms with Crippen LogP contribution in [0.2, 0.25) is 0 Å². The average molecular weight is 702 g/mol. The number of anilines is 3. The number of benzene rings is 8. The van der Waals surface area contributed by atoms with Gasteiger partial charge in [0, 0.05) is 22.5 Å². The smallest absolute Gasteiger partial charge is 0.0725 e. The predicted molar refractivity (Wildman–Crippen MR) is 230 cm³/mol. The molecule has 0 atom stereocenters. The fourth-order valence-electron chi connectivity index (χ4n) is 10.00. The van der Waals surface area contributed by atoms with E-state index in [1.807, 2.05) is 0 Å². The monoisotopic (exact) mass is 701 g/mol. The summed E-state index contributed by atoms with van der Waals surface area (Å²) in [7, 11) is 0. The van der Waals surface area contributed by atoms with Crippen LogP contribution in [0, 0.1) is 0 Å². The molecule has 11 rings (SSSR count). The molecule has 0 heterocycles. The molecule has 8 aromatic carbocycles. The van der Waals surface area contributed by atoms with Gasteiger partial charge in [-0.25, -0.2) is 0 Å². The van der Waals surface area contributed by atoms with E-state index >= 15 is 0 Å². The first-order valence-electron chi connectivity index (χ1n) is 19.3. The number of hydrogen-bond acceptors (Lipinski definition) is 1. The highest BCUT2D eigenvalue weighted by Gasteiger charge is 2.48. The van der Waals surface area contributed by atoms with Gasteiger partial charge < -0.3 is 4.90 Å². The normalized spacial score (nSPS) is 14.6. The number of hydrogen-bond donors (Lipinski definition) is 0. The van der Waals surface area contributed by atoms with Gasteiger partial charge in [0.05, 0.1) is 5.41 Å². The largest absolute Gasteiger partial charge is 0.310 e. The second-order valence-electron chi connectivity index (χ2n) is 15.7. The van der Waals surface area contributed by atoms with Crippen LogP contribution in [-0.2, 0) is 10.8 Å². The molecule has 0 fully saturated rings. The topological polar surface area (TPSA) is 3.24 Å². The standard InChI is InChI=1S/C54H39N/c1-53(2)49-22-12-8-18-43(49)45-32-30-42(35-52(45)53)55(40-28-26-37(27-29-40)36-14-4-3-5-15-36)41-31-33-51-46(34-41)44-19-9-13-23-50(44)54(51)47-20-10-6-16-38(47)24-25-39-17-7-11-21-48(39)54/h3-35H,1-2H3. The lowest BCUT2D eigenvalue weighted by molar-refractivity contribution is 0.660. The summed E-state index contributed by atoms with van der Waals surface area (Å²) in [4.78, 5) is 2.46. The van der Waals surface area contributed by atoms with Crippen LogP contribution >= 0.6 is 0 Å². The van der Waals surface area contributed by atoms with Crippen molar-refractivity contribution in [2.24, 2.45) is 0 Å². The van der Waals surface area contributed by atoms with Gasteiger partial charge in [-0.2, -0.15) is 0 Å². The van der Waals surface area contributed by atoms with E-state index in [4.69, 9.17) is 0 Å². The molecule has 0 N–H and O–H groups in total. The molecule has 1 nitrogen and oxygen atoms in total. The maximum Gasteiger partial charge on any atom is 0.0725 e. The molecule has 8 aromatic rings. The molecule has 55 heavy (non-hydrogen) atoms. The molecular weight excluding hydrogens is 663 g/mol. The second kappa shape index (κ2) is 11.9. The third-order valence-electron chi connectivity index (χ3n) is 12.5. The molecule has 0 saturated carbocycles. The molecule has 3 aliphatic rings. The zero-order valence-electron chi connectivity index (χ0n) is 31.0. The lowest BCUT2D eigenvalue weighted by atomic mass is 9.66. The average Bonchev–Trinajstić information content (AvgIpc) is 3.59. The Morgan fingerprint density at radius 3 is 1.49 bits per heavy atom. The minimum Gasteiger partial charge on any atom is -0.310 e. The summed E-state index contributed by atoms with van der Waals surface area (Å²) in [5.74, 6) is 0. The van der Waals surface area contributed by atoms with E-state index in [9.17, 15) is 0 Å². The highest BCUT2D eigenvalue weighted by molar-refractivity contribution is 5.94. The summed E-state index contributed by atoms with van der Waals surface area (Å²) < 4.78 is 0. The molecule has 0 aromatic heterocycles. The summed E-state index contributed by atoms with van der Waals surface area (Å²) in [6.45, 7) is 4.73. The van der Waals surface area contributed by atoms with E-state index in [0.29, 0.717) is 0 Å². The van der Waals surface area contributed by atoms with Gasteiger partial charge in [-0.3, -0.25) is 0 Å². The van der Waals surface area contributed by atoms with Gasteiger partial charge in [-0.15, -0.1) is 0 Å². The lowest BCUT2D eigenvalue weighted by Crippen LogP contribution is -2.29. The van der Waals surface area contributed by atoms with Gasteiger partial charge in [-0.05, 0) is 114 Å². The van der Waals surface area contributed by atoms with Crippen molar-refractivity contribution in [3.05, 3.63) is 233 Å². The highest BCUT2D eigenvalue weighted by atomic mass is 15.1. The molecule has 0 amide bonds. The molecule has 1 heteroatoms. The zero-order chi connectivity index (χ0) is 36.7. The van der Waals surface area contributed by atoms with Gasteiger partial charge in [-0.1, -0.05) is 178 Å². The van der Waals surface area contributed by atoms with Crippen molar-refractivity contribution in [1.82, 2.24) is 0 Å². The fourth-order valence-corrected chi connectivity index (χ4v) is 10.00. The summed E-state index contributed by atoms with van der Waals surface area (Å²) in [6.07, 6.45) is 4.60. The highest BCUT2D eigenvalue weighted by Crippen LogP contribution is 2.59. The van der Waals surface area contributed by atoms with Crippen LogP contribution in [0.15, 0.2) is 188 Å². The molecule has 0 bridgehead atoms. The zero-order valence-corrected chi connectivity index (χ0v) is 31.0. The predicted octanol–water partition coefficient (Wildman–Crippen LogP) is 14.0. The molecule has 0 aliphatic heterocycles. The summed E-state index contributed by atoms with van der Waals surface area (Å²) in [5, 5.41) is 0. The van der Waals surface area contributed by atoms with Crippen LogP contribution in [0.1, 0.15) is 58.4 Å².